The second-order valence-electron chi connectivity index (χ2n) is 5.48. The van der Waals surface area contributed by atoms with Gasteiger partial charge in [-0.15, -0.1) is 0 Å². The van der Waals surface area contributed by atoms with Crippen LogP contribution in [-0.2, 0) is 10.0 Å². The summed E-state index contributed by atoms with van der Waals surface area (Å²) in [5, 5.41) is 3.19. The Labute approximate surface area is 93.1 Å². The van der Waals surface area contributed by atoms with Crippen LogP contribution in [0.2, 0.25) is 0 Å². The maximum atomic E-state index is 12.1. The Morgan fingerprint density at radius 2 is 2.00 bits per heavy atom. The molecule has 1 saturated heterocycles. The Kier molecular flexibility index (Phi) is 3.79. The van der Waals surface area contributed by atoms with E-state index < -0.39 is 10.0 Å². The van der Waals surface area contributed by atoms with E-state index in [9.17, 15) is 8.42 Å². The van der Waals surface area contributed by atoms with Crippen molar-refractivity contribution in [3.05, 3.63) is 0 Å². The molecule has 0 aromatic rings. The van der Waals surface area contributed by atoms with Crippen molar-refractivity contribution in [2.24, 2.45) is 5.41 Å². The van der Waals surface area contributed by atoms with Crippen LogP contribution in [0.15, 0.2) is 0 Å². The molecule has 1 fully saturated rings. The van der Waals surface area contributed by atoms with Crippen LogP contribution in [0.5, 0.6) is 0 Å². The van der Waals surface area contributed by atoms with Crippen molar-refractivity contribution < 1.29 is 8.42 Å². The van der Waals surface area contributed by atoms with Crippen LogP contribution < -0.4 is 5.32 Å². The highest BCUT2D eigenvalue weighted by molar-refractivity contribution is 7.89. The van der Waals surface area contributed by atoms with Crippen LogP contribution in [0.3, 0.4) is 0 Å². The molecule has 15 heavy (non-hydrogen) atoms. The van der Waals surface area contributed by atoms with Crippen LogP contribution in [0.4, 0.5) is 0 Å². The number of piperazine rings is 1. The first-order valence-electron chi connectivity index (χ1n) is 5.43. The van der Waals surface area contributed by atoms with Crippen LogP contribution in [0, 0.1) is 5.41 Å². The van der Waals surface area contributed by atoms with Crippen LogP contribution in [0.25, 0.3) is 0 Å². The zero-order chi connectivity index (χ0) is 11.7. The van der Waals surface area contributed by atoms with Gasteiger partial charge in [-0.1, -0.05) is 20.8 Å². The predicted octanol–water partition coefficient (Wildman–Crippen LogP) is 0.656. The minimum atomic E-state index is -3.10. The van der Waals surface area contributed by atoms with Crippen LogP contribution >= 0.6 is 0 Å². The molecule has 5 heteroatoms. The fourth-order valence-electron chi connectivity index (χ4n) is 1.87. The summed E-state index contributed by atoms with van der Waals surface area (Å²) < 4.78 is 25.9. The second kappa shape index (κ2) is 4.39. The van der Waals surface area contributed by atoms with E-state index in [4.69, 9.17) is 0 Å². The summed E-state index contributed by atoms with van der Waals surface area (Å²) >= 11 is 0. The molecule has 1 aliphatic heterocycles. The summed E-state index contributed by atoms with van der Waals surface area (Å²) in [5.41, 5.74) is -0.177. The van der Waals surface area contributed by atoms with Crippen molar-refractivity contribution in [2.45, 2.75) is 33.7 Å². The maximum Gasteiger partial charge on any atom is 0.214 e. The first kappa shape index (κ1) is 12.9. The third kappa shape index (κ3) is 3.74. The van der Waals surface area contributed by atoms with E-state index >= 15 is 0 Å². The van der Waals surface area contributed by atoms with Crippen molar-refractivity contribution in [3.8, 4) is 0 Å². The van der Waals surface area contributed by atoms with Crippen molar-refractivity contribution in [2.75, 3.05) is 25.4 Å². The zero-order valence-electron chi connectivity index (χ0n) is 10.1. The van der Waals surface area contributed by atoms with Gasteiger partial charge in [-0.2, -0.15) is 4.31 Å². The van der Waals surface area contributed by atoms with E-state index in [1.807, 2.05) is 27.7 Å². The monoisotopic (exact) mass is 234 g/mol. The molecule has 0 unspecified atom stereocenters. The smallest absolute Gasteiger partial charge is 0.214 e. The van der Waals surface area contributed by atoms with Crippen molar-refractivity contribution in [1.82, 2.24) is 9.62 Å². The maximum absolute atomic E-state index is 12.1. The van der Waals surface area contributed by atoms with Crippen molar-refractivity contribution in [3.63, 3.8) is 0 Å². The number of sulfonamides is 1. The molecule has 4 nitrogen and oxygen atoms in total. The normalized spacial score (nSPS) is 25.5. The molecule has 1 aliphatic rings. The fourth-order valence-corrected chi connectivity index (χ4v) is 4.12. The largest absolute Gasteiger partial charge is 0.314 e. The molecule has 0 radical (unpaired) electrons. The van der Waals surface area contributed by atoms with Gasteiger partial charge in [0.25, 0.3) is 0 Å². The van der Waals surface area contributed by atoms with Gasteiger partial charge in [0.1, 0.15) is 0 Å². The SMILES string of the molecule is C[C@@H]1CNCCN1S(=O)(=O)CC(C)(C)C. The number of hydrogen-bond acceptors (Lipinski definition) is 3. The zero-order valence-corrected chi connectivity index (χ0v) is 10.9. The highest BCUT2D eigenvalue weighted by atomic mass is 32.2. The molecule has 0 amide bonds. The Morgan fingerprint density at radius 3 is 2.47 bits per heavy atom. The molecule has 1 heterocycles. The topological polar surface area (TPSA) is 49.4 Å². The average molecular weight is 234 g/mol. The molecule has 90 valence electrons. The van der Waals surface area contributed by atoms with Gasteiger partial charge < -0.3 is 5.32 Å². The molecule has 0 spiro atoms. The molecule has 0 aromatic carbocycles. The lowest BCUT2D eigenvalue weighted by molar-refractivity contribution is 0.279. The van der Waals surface area contributed by atoms with E-state index in [-0.39, 0.29) is 17.2 Å². The molecule has 0 aliphatic carbocycles. The Bertz CT molecular complexity index is 306. The van der Waals surface area contributed by atoms with Crippen molar-refractivity contribution in [1.29, 1.82) is 0 Å². The fraction of sp³-hybridized carbons (Fsp3) is 1.00. The number of rotatable bonds is 2. The van der Waals surface area contributed by atoms with Crippen LogP contribution in [0.1, 0.15) is 27.7 Å². The van der Waals surface area contributed by atoms with E-state index in [2.05, 4.69) is 5.32 Å². The van der Waals surface area contributed by atoms with E-state index in [0.717, 1.165) is 13.1 Å². The first-order valence-corrected chi connectivity index (χ1v) is 7.03. The molecular weight excluding hydrogens is 212 g/mol. The van der Waals surface area contributed by atoms with Crippen molar-refractivity contribution >= 4 is 10.0 Å². The Morgan fingerprint density at radius 1 is 1.40 bits per heavy atom. The molecule has 1 rings (SSSR count). The van der Waals surface area contributed by atoms with Gasteiger partial charge in [0.15, 0.2) is 0 Å². The molecule has 1 atom stereocenters. The molecular formula is C10H22N2O2S. The number of nitrogens with zero attached hydrogens (tertiary/aromatic N) is 1. The lowest BCUT2D eigenvalue weighted by atomic mass is 10.0. The van der Waals surface area contributed by atoms with Gasteiger partial charge in [-0.05, 0) is 12.3 Å². The average Bonchev–Trinajstić information content (AvgIpc) is 1.99. The highest BCUT2D eigenvalue weighted by Gasteiger charge is 2.32. The van der Waals surface area contributed by atoms with Gasteiger partial charge in [0.2, 0.25) is 10.0 Å². The standard InChI is InChI=1S/C10H22N2O2S/c1-9-7-11-5-6-12(9)15(13,14)8-10(2,3)4/h9,11H,5-8H2,1-4H3/t9-/m1/s1. The van der Waals surface area contributed by atoms with Gasteiger partial charge in [0.05, 0.1) is 5.75 Å². The van der Waals surface area contributed by atoms with Gasteiger partial charge in [0, 0.05) is 25.7 Å². The summed E-state index contributed by atoms with van der Waals surface area (Å²) in [6.45, 7) is 9.93. The summed E-state index contributed by atoms with van der Waals surface area (Å²) in [7, 11) is -3.10. The lowest BCUT2D eigenvalue weighted by Crippen LogP contribution is -2.53. The molecule has 0 aromatic heterocycles. The van der Waals surface area contributed by atoms with Gasteiger partial charge in [-0.3, -0.25) is 0 Å². The second-order valence-corrected chi connectivity index (χ2v) is 7.40. The highest BCUT2D eigenvalue weighted by Crippen LogP contribution is 2.20. The predicted molar refractivity (Wildman–Crippen MR) is 62.3 cm³/mol. The van der Waals surface area contributed by atoms with E-state index in [0.29, 0.717) is 6.54 Å². The van der Waals surface area contributed by atoms with E-state index in [1.165, 1.54) is 0 Å². The summed E-state index contributed by atoms with van der Waals surface area (Å²) in [5.74, 6) is 0.227. The van der Waals surface area contributed by atoms with Crippen LogP contribution in [-0.4, -0.2) is 44.2 Å². The Hall–Kier alpha value is -0.130. The summed E-state index contributed by atoms with van der Waals surface area (Å²) in [6.07, 6.45) is 0. The van der Waals surface area contributed by atoms with Gasteiger partial charge >= 0.3 is 0 Å². The third-order valence-corrected chi connectivity index (χ3v) is 4.90. The minimum Gasteiger partial charge on any atom is -0.314 e. The molecule has 1 N–H and O–H groups in total. The Balaban J connectivity index is 2.76. The molecule has 0 saturated carbocycles. The lowest BCUT2D eigenvalue weighted by Gasteiger charge is -2.34. The van der Waals surface area contributed by atoms with Gasteiger partial charge in [-0.25, -0.2) is 8.42 Å². The first-order chi connectivity index (χ1) is 6.72. The summed E-state index contributed by atoms with van der Waals surface area (Å²) in [4.78, 5) is 0. The van der Waals surface area contributed by atoms with E-state index in [1.54, 1.807) is 4.31 Å². The molecule has 0 bridgehead atoms. The quantitative estimate of drug-likeness (QED) is 0.763. The minimum absolute atomic E-state index is 0.0751. The summed E-state index contributed by atoms with van der Waals surface area (Å²) in [6, 6.07) is 0.0751. The third-order valence-electron chi connectivity index (χ3n) is 2.41. The number of nitrogens with one attached hydrogen (secondary N) is 1. The number of hydrogen-bond donors (Lipinski definition) is 1.